The summed E-state index contributed by atoms with van der Waals surface area (Å²) < 4.78 is 0. The van der Waals surface area contributed by atoms with Crippen molar-refractivity contribution in [2.75, 3.05) is 13.7 Å². The van der Waals surface area contributed by atoms with E-state index in [4.69, 9.17) is 5.11 Å². The molecule has 0 aliphatic heterocycles. The zero-order valence-electron chi connectivity index (χ0n) is 12.8. The second-order valence-electron chi connectivity index (χ2n) is 5.12. The predicted octanol–water partition coefficient (Wildman–Crippen LogP) is 2.83. The van der Waals surface area contributed by atoms with Crippen molar-refractivity contribution >= 4 is 17.7 Å². The molecule has 0 spiro atoms. The maximum absolute atomic E-state index is 12.2. The van der Waals surface area contributed by atoms with Crippen LogP contribution in [0.2, 0.25) is 0 Å². The number of hydrogen-bond donors (Lipinski definition) is 1. The molecule has 0 fully saturated rings. The summed E-state index contributed by atoms with van der Waals surface area (Å²) in [6, 6.07) is 11.3. The monoisotopic (exact) mass is 316 g/mol. The average molecular weight is 316 g/mol. The quantitative estimate of drug-likeness (QED) is 0.833. The number of rotatable bonds is 6. The van der Waals surface area contributed by atoms with E-state index >= 15 is 0 Å². The Bertz CT molecular complexity index is 602. The van der Waals surface area contributed by atoms with Gasteiger partial charge in [-0.05, 0) is 42.8 Å². The lowest BCUT2D eigenvalue weighted by molar-refractivity contribution is 0.0682. The van der Waals surface area contributed by atoms with Crippen LogP contribution in [0.25, 0.3) is 0 Å². The van der Waals surface area contributed by atoms with Gasteiger partial charge in [0.2, 0.25) is 0 Å². The van der Waals surface area contributed by atoms with Gasteiger partial charge in [0, 0.05) is 35.7 Å². The van der Waals surface area contributed by atoms with Gasteiger partial charge in [-0.25, -0.2) is 0 Å². The fraction of sp³-hybridized carbons (Fsp3) is 0.294. The lowest BCUT2D eigenvalue weighted by atomic mass is 10.2. The van der Waals surface area contributed by atoms with Gasteiger partial charge in [0.1, 0.15) is 0 Å². The standard InChI is InChI=1S/C17H20N2O2S/c1-13(11-20)19(2)17(21)15-5-7-16(8-6-15)22-12-14-4-3-9-18-10-14/h3-10,13,20H,11-12H2,1-2H3. The Morgan fingerprint density at radius 3 is 2.64 bits per heavy atom. The summed E-state index contributed by atoms with van der Waals surface area (Å²) in [5.41, 5.74) is 1.80. The smallest absolute Gasteiger partial charge is 0.253 e. The van der Waals surface area contributed by atoms with Crippen LogP contribution < -0.4 is 0 Å². The number of benzene rings is 1. The lowest BCUT2D eigenvalue weighted by Crippen LogP contribution is -2.37. The van der Waals surface area contributed by atoms with E-state index in [1.165, 1.54) is 5.56 Å². The first-order chi connectivity index (χ1) is 10.6. The molecule has 2 aromatic rings. The molecule has 1 atom stereocenters. The van der Waals surface area contributed by atoms with Crippen molar-refractivity contribution in [3.05, 3.63) is 59.9 Å². The van der Waals surface area contributed by atoms with Crippen LogP contribution in [-0.2, 0) is 5.75 Å². The highest BCUT2D eigenvalue weighted by atomic mass is 32.2. The molecule has 2 rings (SSSR count). The largest absolute Gasteiger partial charge is 0.394 e. The van der Waals surface area contributed by atoms with Crippen LogP contribution in [0.4, 0.5) is 0 Å². The maximum Gasteiger partial charge on any atom is 0.253 e. The van der Waals surface area contributed by atoms with Crippen LogP contribution in [0.1, 0.15) is 22.8 Å². The number of aromatic nitrogens is 1. The van der Waals surface area contributed by atoms with Crippen molar-refractivity contribution in [2.45, 2.75) is 23.6 Å². The number of thioether (sulfide) groups is 1. The summed E-state index contributed by atoms with van der Waals surface area (Å²) in [7, 11) is 1.70. The van der Waals surface area contributed by atoms with Gasteiger partial charge in [-0.2, -0.15) is 0 Å². The fourth-order valence-electron chi connectivity index (χ4n) is 1.87. The molecule has 1 heterocycles. The number of aliphatic hydroxyl groups is 1. The highest BCUT2D eigenvalue weighted by Gasteiger charge is 2.16. The molecule has 0 saturated carbocycles. The Morgan fingerprint density at radius 1 is 1.32 bits per heavy atom. The van der Waals surface area contributed by atoms with E-state index in [0.717, 1.165) is 10.6 Å². The summed E-state index contributed by atoms with van der Waals surface area (Å²) in [5, 5.41) is 9.12. The van der Waals surface area contributed by atoms with Crippen LogP contribution in [0, 0.1) is 0 Å². The predicted molar refractivity (Wildman–Crippen MR) is 88.9 cm³/mol. The van der Waals surface area contributed by atoms with Crippen LogP contribution in [0.15, 0.2) is 53.7 Å². The molecule has 0 aliphatic carbocycles. The van der Waals surface area contributed by atoms with E-state index in [9.17, 15) is 4.79 Å². The van der Waals surface area contributed by atoms with Gasteiger partial charge in [0.15, 0.2) is 0 Å². The van der Waals surface area contributed by atoms with Gasteiger partial charge in [0.05, 0.1) is 12.6 Å². The van der Waals surface area contributed by atoms with Gasteiger partial charge < -0.3 is 10.0 Å². The Hall–Kier alpha value is -1.85. The second kappa shape index (κ2) is 7.96. The van der Waals surface area contributed by atoms with Crippen LogP contribution in [-0.4, -0.2) is 40.6 Å². The topological polar surface area (TPSA) is 53.4 Å². The normalized spacial score (nSPS) is 12.0. The first-order valence-electron chi connectivity index (χ1n) is 7.11. The minimum Gasteiger partial charge on any atom is -0.394 e. The van der Waals surface area contributed by atoms with Gasteiger partial charge >= 0.3 is 0 Å². The number of hydrogen-bond acceptors (Lipinski definition) is 4. The summed E-state index contributed by atoms with van der Waals surface area (Å²) in [6.45, 7) is 1.78. The molecular weight excluding hydrogens is 296 g/mol. The van der Waals surface area contributed by atoms with Gasteiger partial charge in [-0.1, -0.05) is 6.07 Å². The van der Waals surface area contributed by atoms with Crippen molar-refractivity contribution in [1.82, 2.24) is 9.88 Å². The molecule has 0 aliphatic rings. The van der Waals surface area contributed by atoms with E-state index in [1.807, 2.05) is 49.5 Å². The third-order valence-electron chi connectivity index (χ3n) is 3.48. The van der Waals surface area contributed by atoms with Crippen molar-refractivity contribution in [1.29, 1.82) is 0 Å². The van der Waals surface area contributed by atoms with E-state index in [2.05, 4.69) is 4.98 Å². The molecular formula is C17H20N2O2S. The van der Waals surface area contributed by atoms with E-state index in [1.54, 1.807) is 29.9 Å². The second-order valence-corrected chi connectivity index (χ2v) is 6.17. The van der Waals surface area contributed by atoms with E-state index < -0.39 is 0 Å². The Kier molecular flexibility index (Phi) is 5.98. The first-order valence-corrected chi connectivity index (χ1v) is 8.10. The molecule has 5 heteroatoms. The molecule has 4 nitrogen and oxygen atoms in total. The number of aliphatic hydroxyl groups excluding tert-OH is 1. The highest BCUT2D eigenvalue weighted by molar-refractivity contribution is 7.98. The lowest BCUT2D eigenvalue weighted by Gasteiger charge is -2.23. The van der Waals surface area contributed by atoms with Gasteiger partial charge in [0.25, 0.3) is 5.91 Å². The molecule has 1 unspecified atom stereocenters. The van der Waals surface area contributed by atoms with Crippen LogP contribution in [0.3, 0.4) is 0 Å². The molecule has 22 heavy (non-hydrogen) atoms. The number of carbonyl (C=O) groups excluding carboxylic acids is 1. The molecule has 0 saturated heterocycles. The maximum atomic E-state index is 12.2. The van der Waals surface area contributed by atoms with Crippen molar-refractivity contribution in [2.24, 2.45) is 0 Å². The van der Waals surface area contributed by atoms with Gasteiger partial charge in [-0.15, -0.1) is 11.8 Å². The molecule has 116 valence electrons. The van der Waals surface area contributed by atoms with Crippen molar-refractivity contribution in [3.63, 3.8) is 0 Å². The number of pyridine rings is 1. The SMILES string of the molecule is CC(CO)N(C)C(=O)c1ccc(SCc2cccnc2)cc1. The molecule has 0 bridgehead atoms. The molecule has 1 aromatic heterocycles. The zero-order chi connectivity index (χ0) is 15.9. The number of carbonyl (C=O) groups is 1. The first kappa shape index (κ1) is 16.5. The summed E-state index contributed by atoms with van der Waals surface area (Å²) in [5.74, 6) is 0.771. The fourth-order valence-corrected chi connectivity index (χ4v) is 2.70. The Morgan fingerprint density at radius 2 is 2.05 bits per heavy atom. The van der Waals surface area contributed by atoms with Gasteiger partial charge in [-0.3, -0.25) is 9.78 Å². The minimum atomic E-state index is -0.188. The van der Waals surface area contributed by atoms with Crippen molar-refractivity contribution in [3.8, 4) is 0 Å². The van der Waals surface area contributed by atoms with Crippen LogP contribution in [0.5, 0.6) is 0 Å². The van der Waals surface area contributed by atoms with E-state index in [-0.39, 0.29) is 18.6 Å². The number of amides is 1. The highest BCUT2D eigenvalue weighted by Crippen LogP contribution is 2.23. The van der Waals surface area contributed by atoms with Crippen molar-refractivity contribution < 1.29 is 9.90 Å². The molecule has 1 aromatic carbocycles. The number of nitrogens with zero attached hydrogens (tertiary/aromatic N) is 2. The third-order valence-corrected chi connectivity index (χ3v) is 4.56. The average Bonchev–Trinajstić information content (AvgIpc) is 2.59. The summed E-state index contributed by atoms with van der Waals surface area (Å²) in [6.07, 6.45) is 3.62. The summed E-state index contributed by atoms with van der Waals surface area (Å²) in [4.78, 5) is 19.0. The zero-order valence-corrected chi connectivity index (χ0v) is 13.6. The molecule has 1 N–H and O–H groups in total. The third kappa shape index (κ3) is 4.32. The van der Waals surface area contributed by atoms with Crippen LogP contribution >= 0.6 is 11.8 Å². The minimum absolute atomic E-state index is 0.0404. The Labute approximate surface area is 135 Å². The molecule has 0 radical (unpaired) electrons. The summed E-state index contributed by atoms with van der Waals surface area (Å²) >= 11 is 1.71. The number of likely N-dealkylation sites (N-methyl/N-ethyl adjacent to an activating group) is 1. The molecule has 1 amide bonds. The van der Waals surface area contributed by atoms with E-state index in [0.29, 0.717) is 5.56 Å². The Balaban J connectivity index is 1.97.